The highest BCUT2D eigenvalue weighted by molar-refractivity contribution is 6.02. The average molecular weight is 459 g/mol. The number of aromatic nitrogens is 2. The molecule has 1 fully saturated rings. The van der Waals surface area contributed by atoms with E-state index in [4.69, 9.17) is 4.74 Å². The van der Waals surface area contributed by atoms with Gasteiger partial charge in [-0.05, 0) is 24.5 Å². The predicted octanol–water partition coefficient (Wildman–Crippen LogP) is 3.29. The molecule has 1 heterocycles. The van der Waals surface area contributed by atoms with E-state index in [9.17, 15) is 19.6 Å². The highest BCUT2D eigenvalue weighted by Gasteiger charge is 2.39. The lowest BCUT2D eigenvalue weighted by Gasteiger charge is -2.38. The number of esters is 1. The molecule has 1 amide bonds. The van der Waals surface area contributed by atoms with Crippen LogP contribution in [-0.4, -0.2) is 45.8 Å². The van der Waals surface area contributed by atoms with Crippen molar-refractivity contribution in [1.29, 1.82) is 5.26 Å². The minimum Gasteiger partial charge on any atom is -0.451 e. The lowest BCUT2D eigenvalue weighted by atomic mass is 9.81. The second-order valence-corrected chi connectivity index (χ2v) is 8.58. The number of fused-ring (bicyclic) bond motifs is 1. The minimum absolute atomic E-state index is 0.0331. The number of carbonyl (C=O) groups is 2. The molecule has 1 aliphatic carbocycles. The molecule has 0 spiro atoms. The molecule has 8 heteroatoms. The Bertz CT molecular complexity index is 1300. The largest absolute Gasteiger partial charge is 0.451 e. The van der Waals surface area contributed by atoms with Crippen LogP contribution in [0.1, 0.15) is 48.2 Å². The van der Waals surface area contributed by atoms with Crippen molar-refractivity contribution in [3.63, 3.8) is 0 Å². The Kier molecular flexibility index (Phi) is 6.73. The van der Waals surface area contributed by atoms with Gasteiger partial charge >= 0.3 is 5.97 Å². The lowest BCUT2D eigenvalue weighted by Crippen LogP contribution is -2.51. The van der Waals surface area contributed by atoms with Crippen LogP contribution in [0.25, 0.3) is 10.8 Å². The van der Waals surface area contributed by atoms with E-state index in [1.807, 2.05) is 30.3 Å². The number of nitriles is 1. The van der Waals surface area contributed by atoms with Gasteiger partial charge in [-0.2, -0.15) is 10.4 Å². The smallest absolute Gasteiger partial charge is 0.359 e. The number of nitrogens with zero attached hydrogens (tertiary/aromatic N) is 4. The van der Waals surface area contributed by atoms with Crippen molar-refractivity contribution in [1.82, 2.24) is 14.7 Å². The van der Waals surface area contributed by atoms with Gasteiger partial charge in [-0.1, -0.05) is 67.8 Å². The fourth-order valence-electron chi connectivity index (χ4n) is 4.44. The van der Waals surface area contributed by atoms with Crippen molar-refractivity contribution in [3.8, 4) is 6.07 Å². The highest BCUT2D eigenvalue weighted by atomic mass is 16.5. The third-order valence-electron chi connectivity index (χ3n) is 6.47. The second kappa shape index (κ2) is 9.87. The second-order valence-electron chi connectivity index (χ2n) is 8.58. The summed E-state index contributed by atoms with van der Waals surface area (Å²) in [4.78, 5) is 40.1. The van der Waals surface area contributed by atoms with E-state index in [-0.39, 0.29) is 17.8 Å². The number of rotatable bonds is 6. The van der Waals surface area contributed by atoms with Gasteiger partial charge in [0.05, 0.1) is 18.0 Å². The minimum atomic E-state index is -0.865. The molecular formula is C26H26N4O4. The summed E-state index contributed by atoms with van der Waals surface area (Å²) in [5.41, 5.74) is -0.359. The van der Waals surface area contributed by atoms with E-state index < -0.39 is 24.0 Å². The van der Waals surface area contributed by atoms with Gasteiger partial charge in [0.1, 0.15) is 5.54 Å². The summed E-state index contributed by atoms with van der Waals surface area (Å²) in [6.45, 7) is -0.316. The Morgan fingerprint density at radius 3 is 2.38 bits per heavy atom. The van der Waals surface area contributed by atoms with Crippen LogP contribution in [0.3, 0.4) is 0 Å². The summed E-state index contributed by atoms with van der Waals surface area (Å²) in [6.07, 6.45) is 4.01. The van der Waals surface area contributed by atoms with Crippen LogP contribution in [0.15, 0.2) is 59.4 Å². The summed E-state index contributed by atoms with van der Waals surface area (Å²) in [5, 5.41) is 14.7. The maximum atomic E-state index is 13.0. The molecule has 0 atom stereocenters. The number of carbonyl (C=O) groups excluding carboxylic acids is 2. The van der Waals surface area contributed by atoms with Crippen LogP contribution in [0.4, 0.5) is 0 Å². The van der Waals surface area contributed by atoms with Crippen LogP contribution in [0, 0.1) is 11.3 Å². The van der Waals surface area contributed by atoms with Gasteiger partial charge in [0.2, 0.25) is 0 Å². The molecule has 1 aliphatic rings. The van der Waals surface area contributed by atoms with Crippen molar-refractivity contribution in [3.05, 3.63) is 76.2 Å². The first-order valence-electron chi connectivity index (χ1n) is 11.3. The van der Waals surface area contributed by atoms with Gasteiger partial charge in [-0.3, -0.25) is 9.59 Å². The fourth-order valence-corrected chi connectivity index (χ4v) is 4.44. The van der Waals surface area contributed by atoms with Crippen molar-refractivity contribution >= 4 is 22.6 Å². The van der Waals surface area contributed by atoms with Crippen LogP contribution in [0.2, 0.25) is 0 Å². The summed E-state index contributed by atoms with van der Waals surface area (Å²) in [5.74, 6) is -1.24. The normalized spacial score (nSPS) is 14.8. The number of benzene rings is 2. The Morgan fingerprint density at radius 1 is 1.06 bits per heavy atom. The summed E-state index contributed by atoms with van der Waals surface area (Å²) in [7, 11) is 1.58. The number of likely N-dealkylation sites (N-methyl/N-ethyl adjacent to an activating group) is 1. The summed E-state index contributed by atoms with van der Waals surface area (Å²) in [6, 6.07) is 18.3. The van der Waals surface area contributed by atoms with E-state index in [2.05, 4.69) is 11.2 Å². The van der Waals surface area contributed by atoms with Gasteiger partial charge in [0.15, 0.2) is 12.3 Å². The summed E-state index contributed by atoms with van der Waals surface area (Å²) >= 11 is 0. The topological polar surface area (TPSA) is 105 Å². The standard InChI is InChI=1S/C26H26N4O4/c1-29(26(18-27)14-8-3-9-15-26)22(31)17-34-25(33)23-20-12-6-7-13-21(20)24(32)30(28-23)16-19-10-4-2-5-11-19/h2,4-7,10-13H,3,8-9,14-17H2,1H3. The quantitative estimate of drug-likeness (QED) is 0.525. The molecule has 34 heavy (non-hydrogen) atoms. The molecule has 1 saturated carbocycles. The third kappa shape index (κ3) is 4.55. The van der Waals surface area contributed by atoms with Crippen LogP contribution in [0.5, 0.6) is 0 Å². The average Bonchev–Trinajstić information content (AvgIpc) is 2.89. The SMILES string of the molecule is CN(C(=O)COC(=O)c1nn(Cc2ccccc2)c(=O)c2ccccc12)C1(C#N)CCCCC1. The van der Waals surface area contributed by atoms with Crippen molar-refractivity contribution in [2.75, 3.05) is 13.7 Å². The van der Waals surface area contributed by atoms with Crippen LogP contribution >= 0.6 is 0 Å². The number of amides is 1. The molecule has 2 aromatic carbocycles. The van der Waals surface area contributed by atoms with E-state index in [0.717, 1.165) is 24.8 Å². The summed E-state index contributed by atoms with van der Waals surface area (Å²) < 4.78 is 6.56. The van der Waals surface area contributed by atoms with E-state index >= 15 is 0 Å². The fraction of sp³-hybridized carbons (Fsp3) is 0.346. The zero-order valence-corrected chi connectivity index (χ0v) is 19.1. The first kappa shape index (κ1) is 23.2. The number of ether oxygens (including phenoxy) is 1. The van der Waals surface area contributed by atoms with Crippen molar-refractivity contribution < 1.29 is 14.3 Å². The van der Waals surface area contributed by atoms with E-state index in [1.165, 1.54) is 9.58 Å². The third-order valence-corrected chi connectivity index (χ3v) is 6.47. The zero-order valence-electron chi connectivity index (χ0n) is 19.1. The molecule has 0 bridgehead atoms. The zero-order chi connectivity index (χ0) is 24.1. The Labute approximate surface area is 197 Å². The molecule has 0 unspecified atom stereocenters. The Morgan fingerprint density at radius 2 is 1.71 bits per heavy atom. The molecule has 174 valence electrons. The maximum absolute atomic E-state index is 13.0. The molecule has 3 aromatic rings. The Hall–Kier alpha value is -3.99. The van der Waals surface area contributed by atoms with Gasteiger partial charge in [0.25, 0.3) is 11.5 Å². The van der Waals surface area contributed by atoms with Crippen LogP contribution < -0.4 is 5.56 Å². The Balaban J connectivity index is 1.57. The molecule has 0 aliphatic heterocycles. The van der Waals surface area contributed by atoms with Crippen molar-refractivity contribution in [2.45, 2.75) is 44.2 Å². The number of hydrogen-bond acceptors (Lipinski definition) is 6. The highest BCUT2D eigenvalue weighted by Crippen LogP contribution is 2.32. The molecule has 1 aromatic heterocycles. The molecule has 0 saturated heterocycles. The maximum Gasteiger partial charge on any atom is 0.359 e. The van der Waals surface area contributed by atoms with Gasteiger partial charge < -0.3 is 9.64 Å². The number of hydrogen-bond donors (Lipinski definition) is 0. The predicted molar refractivity (Wildman–Crippen MR) is 126 cm³/mol. The van der Waals surface area contributed by atoms with Gasteiger partial charge in [0, 0.05) is 12.4 Å². The molecule has 4 rings (SSSR count). The van der Waals surface area contributed by atoms with Crippen LogP contribution in [-0.2, 0) is 16.1 Å². The molecule has 0 radical (unpaired) electrons. The van der Waals surface area contributed by atoms with E-state index in [1.54, 1.807) is 31.3 Å². The lowest BCUT2D eigenvalue weighted by molar-refractivity contribution is -0.138. The molecule has 8 nitrogen and oxygen atoms in total. The molecule has 0 N–H and O–H groups in total. The first-order chi connectivity index (χ1) is 16.4. The van der Waals surface area contributed by atoms with Crippen molar-refractivity contribution in [2.24, 2.45) is 0 Å². The molecular weight excluding hydrogens is 432 g/mol. The van der Waals surface area contributed by atoms with Gasteiger partial charge in [-0.15, -0.1) is 0 Å². The monoisotopic (exact) mass is 458 g/mol. The first-order valence-corrected chi connectivity index (χ1v) is 11.3. The van der Waals surface area contributed by atoms with E-state index in [0.29, 0.717) is 23.6 Å². The van der Waals surface area contributed by atoms with Gasteiger partial charge in [-0.25, -0.2) is 9.48 Å².